The summed E-state index contributed by atoms with van der Waals surface area (Å²) < 4.78 is 1.49. The zero-order valence-corrected chi connectivity index (χ0v) is 15.8. The van der Waals surface area contributed by atoms with Gasteiger partial charge < -0.3 is 15.0 Å². The number of rotatable bonds is 5. The van der Waals surface area contributed by atoms with Crippen molar-refractivity contribution in [2.45, 2.75) is 39.3 Å². The molecule has 27 heavy (non-hydrogen) atoms. The normalized spacial score (nSPS) is 11.6. The number of aliphatic hydroxyl groups is 1. The number of carbonyl (C=O) groups is 1. The number of nitrogens with zero attached hydrogens (tertiary/aromatic N) is 1. The molecule has 0 saturated carbocycles. The van der Waals surface area contributed by atoms with Crippen molar-refractivity contribution in [2.24, 2.45) is 0 Å². The highest BCUT2D eigenvalue weighted by Gasteiger charge is 2.16. The number of benzene rings is 2. The molecule has 3 rings (SSSR count). The van der Waals surface area contributed by atoms with Gasteiger partial charge in [-0.15, -0.1) is 0 Å². The van der Waals surface area contributed by atoms with E-state index in [1.807, 2.05) is 31.2 Å². The SMILES string of the molecule is Cc1cccc(CC(=O)Nc2cccc3c(=O)n(CC(C)(C)O)ccc23)c1. The maximum absolute atomic E-state index is 12.7. The van der Waals surface area contributed by atoms with E-state index in [-0.39, 0.29) is 24.4 Å². The average molecular weight is 364 g/mol. The van der Waals surface area contributed by atoms with Crippen LogP contribution in [-0.4, -0.2) is 21.2 Å². The number of anilines is 1. The lowest BCUT2D eigenvalue weighted by Crippen LogP contribution is -2.32. The average Bonchev–Trinajstić information content (AvgIpc) is 2.57. The van der Waals surface area contributed by atoms with Crippen LogP contribution in [0.15, 0.2) is 59.5 Å². The van der Waals surface area contributed by atoms with Crippen LogP contribution in [0.2, 0.25) is 0 Å². The number of amides is 1. The van der Waals surface area contributed by atoms with E-state index < -0.39 is 5.60 Å². The lowest BCUT2D eigenvalue weighted by atomic mass is 10.1. The summed E-state index contributed by atoms with van der Waals surface area (Å²) in [6.07, 6.45) is 1.92. The largest absolute Gasteiger partial charge is 0.389 e. The Morgan fingerprint density at radius 1 is 1.11 bits per heavy atom. The molecule has 140 valence electrons. The van der Waals surface area contributed by atoms with Crippen LogP contribution < -0.4 is 10.9 Å². The van der Waals surface area contributed by atoms with Crippen LogP contribution in [0.3, 0.4) is 0 Å². The lowest BCUT2D eigenvalue weighted by molar-refractivity contribution is -0.115. The van der Waals surface area contributed by atoms with Gasteiger partial charge in [0.05, 0.1) is 18.6 Å². The lowest BCUT2D eigenvalue weighted by Gasteiger charge is -2.19. The van der Waals surface area contributed by atoms with Gasteiger partial charge in [-0.2, -0.15) is 0 Å². The minimum Gasteiger partial charge on any atom is -0.389 e. The summed E-state index contributed by atoms with van der Waals surface area (Å²) in [4.78, 5) is 25.2. The minimum atomic E-state index is -0.989. The summed E-state index contributed by atoms with van der Waals surface area (Å²) in [6.45, 7) is 5.51. The van der Waals surface area contributed by atoms with E-state index in [2.05, 4.69) is 5.32 Å². The van der Waals surface area contributed by atoms with Crippen molar-refractivity contribution >= 4 is 22.4 Å². The quantitative estimate of drug-likeness (QED) is 0.730. The number of nitrogens with one attached hydrogen (secondary N) is 1. The van der Waals surface area contributed by atoms with Crippen LogP contribution in [0.5, 0.6) is 0 Å². The number of pyridine rings is 1. The minimum absolute atomic E-state index is 0.131. The Balaban J connectivity index is 1.88. The van der Waals surface area contributed by atoms with Crippen LogP contribution in [0.1, 0.15) is 25.0 Å². The molecule has 0 aliphatic heterocycles. The summed E-state index contributed by atoms with van der Waals surface area (Å²) in [5, 5.41) is 14.1. The molecular formula is C22H24N2O3. The van der Waals surface area contributed by atoms with Gasteiger partial charge in [0, 0.05) is 22.7 Å². The van der Waals surface area contributed by atoms with E-state index in [0.29, 0.717) is 16.5 Å². The molecule has 1 heterocycles. The van der Waals surface area contributed by atoms with E-state index in [9.17, 15) is 14.7 Å². The van der Waals surface area contributed by atoms with Crippen LogP contribution in [0.25, 0.3) is 10.8 Å². The maximum atomic E-state index is 12.7. The molecule has 1 amide bonds. The Hall–Kier alpha value is -2.92. The molecule has 0 saturated heterocycles. The van der Waals surface area contributed by atoms with Crippen LogP contribution in [-0.2, 0) is 17.8 Å². The molecule has 1 aromatic heterocycles. The van der Waals surface area contributed by atoms with Crippen molar-refractivity contribution in [1.29, 1.82) is 0 Å². The Bertz CT molecular complexity index is 1050. The van der Waals surface area contributed by atoms with Crippen molar-refractivity contribution in [3.63, 3.8) is 0 Å². The topological polar surface area (TPSA) is 71.3 Å². The Kier molecular flexibility index (Phi) is 5.15. The first-order valence-corrected chi connectivity index (χ1v) is 8.93. The summed E-state index contributed by atoms with van der Waals surface area (Å²) >= 11 is 0. The van der Waals surface area contributed by atoms with Gasteiger partial charge in [-0.1, -0.05) is 35.9 Å². The Morgan fingerprint density at radius 2 is 1.85 bits per heavy atom. The second kappa shape index (κ2) is 7.37. The zero-order valence-electron chi connectivity index (χ0n) is 15.8. The molecule has 3 aromatic rings. The first-order chi connectivity index (χ1) is 12.7. The van der Waals surface area contributed by atoms with Gasteiger partial charge in [0.25, 0.3) is 5.56 Å². The molecule has 2 aromatic carbocycles. The third-order valence-corrected chi connectivity index (χ3v) is 4.30. The van der Waals surface area contributed by atoms with Gasteiger partial charge in [0.1, 0.15) is 0 Å². The van der Waals surface area contributed by atoms with Gasteiger partial charge >= 0.3 is 0 Å². The molecule has 0 radical (unpaired) electrons. The monoisotopic (exact) mass is 364 g/mol. The number of aryl methyl sites for hydroxylation is 1. The fourth-order valence-electron chi connectivity index (χ4n) is 3.17. The number of aromatic nitrogens is 1. The number of fused-ring (bicyclic) bond motifs is 1. The van der Waals surface area contributed by atoms with Gasteiger partial charge in [0.15, 0.2) is 0 Å². The molecule has 0 aliphatic rings. The van der Waals surface area contributed by atoms with Gasteiger partial charge in [-0.25, -0.2) is 0 Å². The molecule has 5 heteroatoms. The van der Waals surface area contributed by atoms with Crippen molar-refractivity contribution < 1.29 is 9.90 Å². The van der Waals surface area contributed by atoms with E-state index in [0.717, 1.165) is 11.1 Å². The molecule has 0 unspecified atom stereocenters. The fraction of sp³-hybridized carbons (Fsp3) is 0.273. The standard InChI is InChI=1S/C22H24N2O3/c1-15-6-4-7-16(12-15)13-20(25)23-19-9-5-8-18-17(19)10-11-24(21(18)26)14-22(2,3)27/h4-12,27H,13-14H2,1-3H3,(H,23,25). The summed E-state index contributed by atoms with van der Waals surface area (Å²) in [7, 11) is 0. The molecule has 0 atom stereocenters. The zero-order chi connectivity index (χ0) is 19.6. The molecule has 0 aliphatic carbocycles. The molecule has 2 N–H and O–H groups in total. The van der Waals surface area contributed by atoms with Crippen LogP contribution >= 0.6 is 0 Å². The predicted molar refractivity (Wildman–Crippen MR) is 108 cm³/mol. The van der Waals surface area contributed by atoms with Crippen LogP contribution in [0.4, 0.5) is 5.69 Å². The third kappa shape index (κ3) is 4.63. The summed E-state index contributed by atoms with van der Waals surface area (Å²) in [5.74, 6) is -0.131. The molecule has 0 spiro atoms. The van der Waals surface area contributed by atoms with Gasteiger partial charge in [-0.3, -0.25) is 9.59 Å². The number of hydrogen-bond acceptors (Lipinski definition) is 3. The third-order valence-electron chi connectivity index (χ3n) is 4.30. The molecular weight excluding hydrogens is 340 g/mol. The highest BCUT2D eigenvalue weighted by Crippen LogP contribution is 2.21. The second-order valence-corrected chi connectivity index (χ2v) is 7.54. The fourth-order valence-corrected chi connectivity index (χ4v) is 3.17. The van der Waals surface area contributed by atoms with Crippen molar-refractivity contribution in [3.05, 3.63) is 76.2 Å². The van der Waals surface area contributed by atoms with Crippen molar-refractivity contribution in [1.82, 2.24) is 4.57 Å². The highest BCUT2D eigenvalue weighted by molar-refractivity contribution is 6.02. The summed E-state index contributed by atoms with van der Waals surface area (Å²) in [6, 6.07) is 14.9. The van der Waals surface area contributed by atoms with E-state index in [1.54, 1.807) is 44.3 Å². The Labute approximate surface area is 158 Å². The van der Waals surface area contributed by atoms with E-state index in [4.69, 9.17) is 0 Å². The molecule has 5 nitrogen and oxygen atoms in total. The molecule has 0 fully saturated rings. The number of carbonyl (C=O) groups excluding carboxylic acids is 1. The molecule has 0 bridgehead atoms. The maximum Gasteiger partial charge on any atom is 0.258 e. The highest BCUT2D eigenvalue weighted by atomic mass is 16.3. The van der Waals surface area contributed by atoms with Crippen molar-refractivity contribution in [2.75, 3.05) is 5.32 Å². The first-order valence-electron chi connectivity index (χ1n) is 8.93. The van der Waals surface area contributed by atoms with Gasteiger partial charge in [-0.05, 0) is 44.5 Å². The first kappa shape index (κ1) is 18.9. The Morgan fingerprint density at radius 3 is 2.56 bits per heavy atom. The predicted octanol–water partition coefficient (Wildman–Crippen LogP) is 3.26. The van der Waals surface area contributed by atoms with E-state index in [1.165, 1.54) is 4.57 Å². The smallest absolute Gasteiger partial charge is 0.258 e. The number of hydrogen-bond donors (Lipinski definition) is 2. The van der Waals surface area contributed by atoms with Gasteiger partial charge in [0.2, 0.25) is 5.91 Å². The van der Waals surface area contributed by atoms with Crippen molar-refractivity contribution in [3.8, 4) is 0 Å². The second-order valence-electron chi connectivity index (χ2n) is 7.54. The van der Waals surface area contributed by atoms with E-state index >= 15 is 0 Å². The summed E-state index contributed by atoms with van der Waals surface area (Å²) in [5.41, 5.74) is 1.48. The van der Waals surface area contributed by atoms with Crippen LogP contribution in [0, 0.1) is 6.92 Å².